The van der Waals surface area contributed by atoms with E-state index in [1.54, 1.807) is 0 Å². The molecule has 0 saturated carbocycles. The Labute approximate surface area is 105 Å². The second-order valence-electron chi connectivity index (χ2n) is 3.81. The minimum atomic E-state index is 0.928. The molecular weight excluding hydrogens is 262 g/mol. The van der Waals surface area contributed by atoms with Crippen molar-refractivity contribution in [2.24, 2.45) is 0 Å². The Morgan fingerprint density at radius 1 is 0.750 bits per heavy atom. The number of nitrogens with zero attached hydrogens (tertiary/aromatic N) is 1. The van der Waals surface area contributed by atoms with Gasteiger partial charge in [0, 0.05) is 17.7 Å². The van der Waals surface area contributed by atoms with Gasteiger partial charge in [-0.25, -0.2) is 0 Å². The summed E-state index contributed by atoms with van der Waals surface area (Å²) in [5, 5.41) is 0.928. The summed E-state index contributed by atoms with van der Waals surface area (Å²) in [5.41, 5.74) is 4.06. The fraction of sp³-hybridized carbons (Fsp3) is 0.214. The van der Waals surface area contributed by atoms with Gasteiger partial charge in [0.25, 0.3) is 0 Å². The van der Waals surface area contributed by atoms with Crippen molar-refractivity contribution in [3.8, 4) is 0 Å². The second kappa shape index (κ2) is 5.80. The Kier molecular flexibility index (Phi) is 4.11. The first-order valence-electron chi connectivity index (χ1n) is 5.41. The van der Waals surface area contributed by atoms with Crippen molar-refractivity contribution in [1.82, 2.24) is 4.98 Å². The minimum absolute atomic E-state index is 0.928. The van der Waals surface area contributed by atoms with E-state index in [0.29, 0.717) is 0 Å². The lowest BCUT2D eigenvalue weighted by Gasteiger charge is -2.02. The Morgan fingerprint density at radius 3 is 1.81 bits per heavy atom. The fourth-order valence-corrected chi connectivity index (χ4v) is 2.01. The predicted octanol–water partition coefficient (Wildman–Crippen LogP) is 3.76. The Morgan fingerprint density at radius 2 is 1.25 bits per heavy atom. The summed E-state index contributed by atoms with van der Waals surface area (Å²) in [6.07, 6.45) is 5.87. The number of aryl methyl sites for hydroxylation is 2. The average molecular weight is 276 g/mol. The third-order valence-electron chi connectivity index (χ3n) is 2.63. The molecule has 0 radical (unpaired) electrons. The second-order valence-corrected chi connectivity index (χ2v) is 4.37. The normalized spacial score (nSPS) is 10.3. The van der Waals surface area contributed by atoms with Gasteiger partial charge >= 0.3 is 0 Å². The van der Waals surface area contributed by atoms with E-state index in [-0.39, 0.29) is 0 Å². The third-order valence-corrected chi connectivity index (χ3v) is 3.28. The Balaban J connectivity index is 1.94. The summed E-state index contributed by atoms with van der Waals surface area (Å²) in [7, 11) is 0. The summed E-state index contributed by atoms with van der Waals surface area (Å²) in [4.78, 5) is 4.02. The molecule has 0 N–H and O–H groups in total. The maximum absolute atomic E-state index is 4.02. The zero-order valence-electron chi connectivity index (χ0n) is 9.07. The monoisotopic (exact) mass is 275 g/mol. The van der Waals surface area contributed by atoms with Crippen LogP contribution in [0.5, 0.6) is 0 Å². The standard InChI is InChI=1S/C14H14BrN/c15-11-14-5-3-12(4-6-14)1-2-13-7-9-16-10-8-13/h3-10H,1-2,11H2. The van der Waals surface area contributed by atoms with Gasteiger partial charge in [0.05, 0.1) is 0 Å². The molecule has 0 aliphatic heterocycles. The highest BCUT2D eigenvalue weighted by Gasteiger charge is 1.96. The van der Waals surface area contributed by atoms with Crippen LogP contribution in [0.15, 0.2) is 48.8 Å². The minimum Gasteiger partial charge on any atom is -0.265 e. The summed E-state index contributed by atoms with van der Waals surface area (Å²) < 4.78 is 0. The summed E-state index contributed by atoms with van der Waals surface area (Å²) in [6.45, 7) is 0. The molecule has 2 heteroatoms. The summed E-state index contributed by atoms with van der Waals surface area (Å²) in [6, 6.07) is 12.9. The van der Waals surface area contributed by atoms with Gasteiger partial charge in [0.2, 0.25) is 0 Å². The van der Waals surface area contributed by atoms with Crippen LogP contribution in [0.2, 0.25) is 0 Å². The predicted molar refractivity (Wildman–Crippen MR) is 70.7 cm³/mol. The smallest absolute Gasteiger partial charge is 0.0283 e. The molecule has 0 saturated heterocycles. The van der Waals surface area contributed by atoms with Crippen LogP contribution in [0.1, 0.15) is 16.7 Å². The van der Waals surface area contributed by atoms with Crippen LogP contribution in [-0.4, -0.2) is 4.98 Å². The molecule has 1 aromatic carbocycles. The lowest BCUT2D eigenvalue weighted by atomic mass is 10.0. The number of alkyl halides is 1. The van der Waals surface area contributed by atoms with Crippen LogP contribution in [0.4, 0.5) is 0 Å². The first kappa shape index (κ1) is 11.3. The molecule has 0 atom stereocenters. The Bertz CT molecular complexity index is 422. The van der Waals surface area contributed by atoms with Crippen LogP contribution in [0, 0.1) is 0 Å². The molecule has 1 nitrogen and oxygen atoms in total. The molecule has 0 bridgehead atoms. The number of halogens is 1. The largest absolute Gasteiger partial charge is 0.265 e. The molecule has 0 aliphatic rings. The maximum Gasteiger partial charge on any atom is 0.0283 e. The quantitative estimate of drug-likeness (QED) is 0.775. The number of hydrogen-bond donors (Lipinski definition) is 0. The molecule has 2 aromatic rings. The van der Waals surface area contributed by atoms with Gasteiger partial charge in [0.1, 0.15) is 0 Å². The molecule has 0 fully saturated rings. The summed E-state index contributed by atoms with van der Waals surface area (Å²) in [5.74, 6) is 0. The van der Waals surface area contributed by atoms with Crippen LogP contribution >= 0.6 is 15.9 Å². The average Bonchev–Trinajstić information content (AvgIpc) is 2.38. The van der Waals surface area contributed by atoms with Crippen molar-refractivity contribution in [2.75, 3.05) is 0 Å². The molecule has 82 valence electrons. The van der Waals surface area contributed by atoms with Crippen LogP contribution in [0.3, 0.4) is 0 Å². The first-order valence-corrected chi connectivity index (χ1v) is 6.53. The van der Waals surface area contributed by atoms with Gasteiger partial charge in [-0.05, 0) is 41.7 Å². The number of hydrogen-bond acceptors (Lipinski definition) is 1. The lowest BCUT2D eigenvalue weighted by Crippen LogP contribution is -1.91. The van der Waals surface area contributed by atoms with E-state index in [0.717, 1.165) is 18.2 Å². The SMILES string of the molecule is BrCc1ccc(CCc2ccncc2)cc1. The van der Waals surface area contributed by atoms with Crippen LogP contribution in [-0.2, 0) is 18.2 Å². The molecule has 16 heavy (non-hydrogen) atoms. The van der Waals surface area contributed by atoms with Crippen molar-refractivity contribution in [3.05, 3.63) is 65.5 Å². The topological polar surface area (TPSA) is 12.9 Å². The molecule has 2 rings (SSSR count). The lowest BCUT2D eigenvalue weighted by molar-refractivity contribution is 0.954. The molecule has 1 aromatic heterocycles. The van der Waals surface area contributed by atoms with E-state index < -0.39 is 0 Å². The molecule has 0 amide bonds. The highest BCUT2D eigenvalue weighted by molar-refractivity contribution is 9.08. The van der Waals surface area contributed by atoms with Crippen molar-refractivity contribution >= 4 is 15.9 Å². The number of pyridine rings is 1. The van der Waals surface area contributed by atoms with E-state index in [9.17, 15) is 0 Å². The highest BCUT2D eigenvalue weighted by Crippen LogP contribution is 2.10. The molecule has 0 unspecified atom stereocenters. The summed E-state index contributed by atoms with van der Waals surface area (Å²) >= 11 is 3.45. The highest BCUT2D eigenvalue weighted by atomic mass is 79.9. The van der Waals surface area contributed by atoms with E-state index in [1.165, 1.54) is 16.7 Å². The molecular formula is C14H14BrN. The van der Waals surface area contributed by atoms with Crippen molar-refractivity contribution in [3.63, 3.8) is 0 Å². The third kappa shape index (κ3) is 3.17. The molecule has 1 heterocycles. The van der Waals surface area contributed by atoms with Crippen LogP contribution < -0.4 is 0 Å². The number of rotatable bonds is 4. The van der Waals surface area contributed by atoms with Gasteiger partial charge in [-0.3, -0.25) is 4.98 Å². The Hall–Kier alpha value is -1.15. The molecule has 0 aliphatic carbocycles. The number of aromatic nitrogens is 1. The van der Waals surface area contributed by atoms with E-state index in [2.05, 4.69) is 57.3 Å². The van der Waals surface area contributed by atoms with Gasteiger partial charge < -0.3 is 0 Å². The van der Waals surface area contributed by atoms with E-state index in [4.69, 9.17) is 0 Å². The van der Waals surface area contributed by atoms with Gasteiger partial charge in [-0.15, -0.1) is 0 Å². The van der Waals surface area contributed by atoms with Crippen molar-refractivity contribution in [1.29, 1.82) is 0 Å². The number of benzene rings is 1. The van der Waals surface area contributed by atoms with Crippen molar-refractivity contribution < 1.29 is 0 Å². The van der Waals surface area contributed by atoms with Gasteiger partial charge in [-0.2, -0.15) is 0 Å². The van der Waals surface area contributed by atoms with Crippen molar-refractivity contribution in [2.45, 2.75) is 18.2 Å². The molecule has 0 spiro atoms. The fourth-order valence-electron chi connectivity index (χ4n) is 1.63. The van der Waals surface area contributed by atoms with E-state index in [1.807, 2.05) is 12.4 Å². The van der Waals surface area contributed by atoms with Gasteiger partial charge in [0.15, 0.2) is 0 Å². The van der Waals surface area contributed by atoms with Gasteiger partial charge in [-0.1, -0.05) is 40.2 Å². The maximum atomic E-state index is 4.02. The van der Waals surface area contributed by atoms with Crippen LogP contribution in [0.25, 0.3) is 0 Å². The van der Waals surface area contributed by atoms with E-state index >= 15 is 0 Å². The first-order chi connectivity index (χ1) is 7.88. The zero-order chi connectivity index (χ0) is 11.2. The zero-order valence-corrected chi connectivity index (χ0v) is 10.7.